The first-order chi connectivity index (χ1) is 5.88. The molecule has 0 aliphatic carbocycles. The van der Waals surface area contributed by atoms with Crippen molar-refractivity contribution in [2.75, 3.05) is 0 Å². The highest BCUT2D eigenvalue weighted by Gasteiger charge is 2.05. The predicted molar refractivity (Wildman–Crippen MR) is 52.3 cm³/mol. The molecule has 60 valence electrons. The Morgan fingerprint density at radius 2 is 1.92 bits per heavy atom. The van der Waals surface area contributed by atoms with Gasteiger partial charge in [-0.2, -0.15) is 10.3 Å². The molecule has 0 bridgehead atoms. The van der Waals surface area contributed by atoms with E-state index in [1.165, 1.54) is 0 Å². The quantitative estimate of drug-likeness (QED) is 0.800. The minimum Gasteiger partial charge on any atom is -0.265 e. The van der Waals surface area contributed by atoms with Crippen LogP contribution in [0.15, 0.2) is 24.5 Å². The standard InChI is InChI=1S/C7H5IN4/c8-7-6(10-12-11-7)5-1-3-9-4-2-5/h1-4H,(H,10,11,12). The minimum absolute atomic E-state index is 0.873. The van der Waals surface area contributed by atoms with Gasteiger partial charge >= 0.3 is 0 Å². The number of hydrogen-bond donors (Lipinski definition) is 1. The summed E-state index contributed by atoms with van der Waals surface area (Å²) in [5.41, 5.74) is 1.90. The van der Waals surface area contributed by atoms with E-state index in [0.29, 0.717) is 0 Å². The molecule has 2 aromatic rings. The lowest BCUT2D eigenvalue weighted by Crippen LogP contribution is -1.80. The molecule has 0 saturated heterocycles. The summed E-state index contributed by atoms with van der Waals surface area (Å²) in [4.78, 5) is 3.92. The lowest BCUT2D eigenvalue weighted by Gasteiger charge is -1.92. The monoisotopic (exact) mass is 272 g/mol. The van der Waals surface area contributed by atoms with Gasteiger partial charge in [-0.25, -0.2) is 0 Å². The third-order valence-electron chi connectivity index (χ3n) is 1.46. The third kappa shape index (κ3) is 1.31. The lowest BCUT2D eigenvalue weighted by atomic mass is 10.2. The number of hydrogen-bond acceptors (Lipinski definition) is 3. The van der Waals surface area contributed by atoms with Crippen LogP contribution in [0.4, 0.5) is 0 Å². The molecule has 5 heteroatoms. The number of rotatable bonds is 1. The van der Waals surface area contributed by atoms with Crippen molar-refractivity contribution in [3.05, 3.63) is 28.2 Å². The molecule has 0 radical (unpaired) electrons. The van der Waals surface area contributed by atoms with Crippen LogP contribution in [0.3, 0.4) is 0 Å². The molecule has 0 spiro atoms. The maximum Gasteiger partial charge on any atom is 0.151 e. The highest BCUT2D eigenvalue weighted by molar-refractivity contribution is 14.1. The van der Waals surface area contributed by atoms with E-state index in [0.717, 1.165) is 15.0 Å². The number of H-pyrrole nitrogens is 1. The molecule has 2 rings (SSSR count). The molecule has 0 unspecified atom stereocenters. The fourth-order valence-corrected chi connectivity index (χ4v) is 1.45. The smallest absolute Gasteiger partial charge is 0.151 e. The Bertz CT molecular complexity index is 370. The van der Waals surface area contributed by atoms with Crippen molar-refractivity contribution >= 4 is 22.6 Å². The molecule has 0 aliphatic heterocycles. The Morgan fingerprint density at radius 3 is 2.50 bits per heavy atom. The van der Waals surface area contributed by atoms with Gasteiger partial charge < -0.3 is 0 Å². The van der Waals surface area contributed by atoms with Gasteiger partial charge in [-0.3, -0.25) is 4.98 Å². The van der Waals surface area contributed by atoms with Crippen LogP contribution < -0.4 is 0 Å². The summed E-state index contributed by atoms with van der Waals surface area (Å²) in [6.45, 7) is 0. The van der Waals surface area contributed by atoms with Crippen molar-refractivity contribution in [1.29, 1.82) is 0 Å². The number of nitrogens with one attached hydrogen (secondary N) is 1. The Morgan fingerprint density at radius 1 is 1.17 bits per heavy atom. The second kappa shape index (κ2) is 3.18. The van der Waals surface area contributed by atoms with Gasteiger partial charge in [0.2, 0.25) is 0 Å². The molecule has 0 atom stereocenters. The first-order valence-electron chi connectivity index (χ1n) is 3.34. The molecule has 2 aromatic heterocycles. The molecule has 4 nitrogen and oxygen atoms in total. The van der Waals surface area contributed by atoms with Crippen molar-refractivity contribution < 1.29 is 0 Å². The summed E-state index contributed by atoms with van der Waals surface area (Å²) in [6, 6.07) is 3.81. The second-order valence-electron chi connectivity index (χ2n) is 2.20. The molecule has 0 aliphatic rings. The summed E-state index contributed by atoms with van der Waals surface area (Å²) in [5, 5.41) is 10.5. The van der Waals surface area contributed by atoms with Crippen LogP contribution in [0.2, 0.25) is 0 Å². The Kier molecular flexibility index (Phi) is 2.03. The molecule has 0 fully saturated rings. The summed E-state index contributed by atoms with van der Waals surface area (Å²) < 4.78 is 0.874. The van der Waals surface area contributed by atoms with Gasteiger partial charge in [0.15, 0.2) is 3.70 Å². The van der Waals surface area contributed by atoms with Gasteiger partial charge in [0, 0.05) is 18.0 Å². The van der Waals surface area contributed by atoms with Crippen molar-refractivity contribution in [3.8, 4) is 11.3 Å². The molecular weight excluding hydrogens is 267 g/mol. The number of pyridine rings is 1. The topological polar surface area (TPSA) is 54.5 Å². The first kappa shape index (κ1) is 7.66. The number of aromatic nitrogens is 4. The molecule has 1 N–H and O–H groups in total. The lowest BCUT2D eigenvalue weighted by molar-refractivity contribution is 0.935. The minimum atomic E-state index is 0.873. The molecule has 2 heterocycles. The van der Waals surface area contributed by atoms with Crippen LogP contribution in [0.25, 0.3) is 11.3 Å². The average molecular weight is 272 g/mol. The normalized spacial score (nSPS) is 10.1. The zero-order valence-corrected chi connectivity index (χ0v) is 8.19. The van der Waals surface area contributed by atoms with E-state index in [1.54, 1.807) is 12.4 Å². The number of halogens is 1. The number of nitrogens with zero attached hydrogens (tertiary/aromatic N) is 3. The molecule has 0 amide bonds. The van der Waals surface area contributed by atoms with Crippen LogP contribution >= 0.6 is 22.6 Å². The highest BCUT2D eigenvalue weighted by atomic mass is 127. The second-order valence-corrected chi connectivity index (χ2v) is 3.22. The van der Waals surface area contributed by atoms with Gasteiger partial charge in [0.05, 0.1) is 0 Å². The van der Waals surface area contributed by atoms with E-state index in [1.807, 2.05) is 12.1 Å². The van der Waals surface area contributed by atoms with Crippen molar-refractivity contribution in [3.63, 3.8) is 0 Å². The molecule has 12 heavy (non-hydrogen) atoms. The van der Waals surface area contributed by atoms with Crippen molar-refractivity contribution in [2.24, 2.45) is 0 Å². The van der Waals surface area contributed by atoms with Crippen molar-refractivity contribution in [2.45, 2.75) is 0 Å². The van der Waals surface area contributed by atoms with Gasteiger partial charge in [-0.15, -0.1) is 5.10 Å². The maximum absolute atomic E-state index is 4.01. The summed E-state index contributed by atoms with van der Waals surface area (Å²) in [5.74, 6) is 0. The van der Waals surface area contributed by atoms with E-state index >= 15 is 0 Å². The van der Waals surface area contributed by atoms with Crippen LogP contribution in [-0.2, 0) is 0 Å². The molecule has 0 saturated carbocycles. The van der Waals surface area contributed by atoms with E-state index in [-0.39, 0.29) is 0 Å². The van der Waals surface area contributed by atoms with Gasteiger partial charge in [-0.05, 0) is 34.7 Å². The van der Waals surface area contributed by atoms with Gasteiger partial charge in [0.1, 0.15) is 5.69 Å². The van der Waals surface area contributed by atoms with E-state index in [2.05, 4.69) is 43.0 Å². The Labute approximate surface area is 82.6 Å². The molecular formula is C7H5IN4. The number of aromatic amines is 1. The molecule has 0 aromatic carbocycles. The van der Waals surface area contributed by atoms with E-state index in [4.69, 9.17) is 0 Å². The summed E-state index contributed by atoms with van der Waals surface area (Å²) in [7, 11) is 0. The van der Waals surface area contributed by atoms with Gasteiger partial charge in [-0.1, -0.05) is 0 Å². The maximum atomic E-state index is 4.01. The fourth-order valence-electron chi connectivity index (χ4n) is 0.911. The largest absolute Gasteiger partial charge is 0.265 e. The average Bonchev–Trinajstić information content (AvgIpc) is 2.53. The van der Waals surface area contributed by atoms with Gasteiger partial charge in [0.25, 0.3) is 0 Å². The third-order valence-corrected chi connectivity index (χ3v) is 2.21. The van der Waals surface area contributed by atoms with Crippen LogP contribution in [-0.4, -0.2) is 20.4 Å². The Hall–Kier alpha value is -0.980. The van der Waals surface area contributed by atoms with E-state index in [9.17, 15) is 0 Å². The summed E-state index contributed by atoms with van der Waals surface area (Å²) in [6.07, 6.45) is 3.47. The zero-order valence-electron chi connectivity index (χ0n) is 6.03. The summed E-state index contributed by atoms with van der Waals surface area (Å²) >= 11 is 2.13. The SMILES string of the molecule is Ic1n[nH]nc1-c1ccncc1. The predicted octanol–water partition coefficient (Wildman–Crippen LogP) is 1.47. The van der Waals surface area contributed by atoms with Crippen molar-refractivity contribution in [1.82, 2.24) is 20.4 Å². The Balaban J connectivity index is 2.51. The van der Waals surface area contributed by atoms with Crippen LogP contribution in [0.5, 0.6) is 0 Å². The highest BCUT2D eigenvalue weighted by Crippen LogP contribution is 2.18. The van der Waals surface area contributed by atoms with Crippen LogP contribution in [0.1, 0.15) is 0 Å². The fraction of sp³-hybridized carbons (Fsp3) is 0. The van der Waals surface area contributed by atoms with Crippen LogP contribution in [0, 0.1) is 3.70 Å². The van der Waals surface area contributed by atoms with E-state index < -0.39 is 0 Å². The zero-order chi connectivity index (χ0) is 8.39. The first-order valence-corrected chi connectivity index (χ1v) is 4.42.